The summed E-state index contributed by atoms with van der Waals surface area (Å²) >= 11 is 0. The number of rotatable bonds is 13. The quantitative estimate of drug-likeness (QED) is 0.237. The van der Waals surface area contributed by atoms with Gasteiger partial charge in [0.25, 0.3) is 0 Å². The maximum atomic E-state index is 14.2. The summed E-state index contributed by atoms with van der Waals surface area (Å²) in [6.07, 6.45) is 11.0. The van der Waals surface area contributed by atoms with E-state index in [1.54, 1.807) is 17.0 Å². The Bertz CT molecular complexity index is 1490. The summed E-state index contributed by atoms with van der Waals surface area (Å²) in [5.41, 5.74) is 2.10. The lowest BCUT2D eigenvalue weighted by Gasteiger charge is -2.46. The fourth-order valence-corrected chi connectivity index (χ4v) is 8.95. The van der Waals surface area contributed by atoms with E-state index in [1.807, 2.05) is 40.1 Å². The van der Waals surface area contributed by atoms with E-state index in [4.69, 9.17) is 0 Å². The van der Waals surface area contributed by atoms with Crippen molar-refractivity contribution in [3.8, 4) is 5.75 Å². The van der Waals surface area contributed by atoms with Gasteiger partial charge in [0.05, 0.1) is 12.1 Å². The van der Waals surface area contributed by atoms with E-state index < -0.39 is 17.7 Å². The van der Waals surface area contributed by atoms with Crippen LogP contribution in [0.1, 0.15) is 82.8 Å². The highest BCUT2D eigenvalue weighted by Gasteiger charge is 2.44. The van der Waals surface area contributed by atoms with Crippen LogP contribution in [0.4, 0.5) is 0 Å². The maximum Gasteiger partial charge on any atom is 0.312 e. The Labute approximate surface area is 303 Å². The molecular formula is C41H57N5O5. The highest BCUT2D eigenvalue weighted by atomic mass is 16.3. The summed E-state index contributed by atoms with van der Waals surface area (Å²) in [6, 6.07) is 16.7. The molecule has 4 aliphatic rings. The van der Waals surface area contributed by atoms with Gasteiger partial charge in [-0.05, 0) is 86.6 Å². The van der Waals surface area contributed by atoms with Gasteiger partial charge in [-0.1, -0.05) is 82.0 Å². The summed E-state index contributed by atoms with van der Waals surface area (Å²) in [6.45, 7) is 7.75. The first kappa shape index (κ1) is 36.9. The van der Waals surface area contributed by atoms with Crippen LogP contribution in [0.15, 0.2) is 54.6 Å². The monoisotopic (exact) mass is 699 g/mol. The molecule has 3 saturated heterocycles. The molecule has 3 heterocycles. The van der Waals surface area contributed by atoms with Crippen molar-refractivity contribution in [3.63, 3.8) is 0 Å². The topological polar surface area (TPSA) is 113 Å². The third-order valence-electron chi connectivity index (χ3n) is 11.6. The molecular weight excluding hydrogens is 642 g/mol. The highest BCUT2D eigenvalue weighted by molar-refractivity contribution is 6.36. The largest absolute Gasteiger partial charge is 0.508 e. The Morgan fingerprint density at radius 1 is 0.745 bits per heavy atom. The van der Waals surface area contributed by atoms with E-state index in [-0.39, 0.29) is 35.8 Å². The number of benzene rings is 2. The number of carbonyl (C=O) groups excluding carboxylic acids is 4. The van der Waals surface area contributed by atoms with Crippen molar-refractivity contribution in [2.24, 2.45) is 11.8 Å². The molecule has 4 fully saturated rings. The van der Waals surface area contributed by atoms with E-state index in [2.05, 4.69) is 36.2 Å². The normalized spacial score (nSPS) is 24.7. The van der Waals surface area contributed by atoms with Crippen molar-refractivity contribution in [3.05, 3.63) is 65.7 Å². The number of piperazine rings is 2. The molecule has 2 N–H and O–H groups in total. The fourth-order valence-electron chi connectivity index (χ4n) is 8.95. The summed E-state index contributed by atoms with van der Waals surface area (Å²) in [4.78, 5) is 62.2. The van der Waals surface area contributed by atoms with Gasteiger partial charge in [-0.15, -0.1) is 0 Å². The zero-order chi connectivity index (χ0) is 35.9. The van der Waals surface area contributed by atoms with Gasteiger partial charge < -0.3 is 25.1 Å². The number of likely N-dealkylation sites (tertiary alicyclic amines) is 1. The molecule has 0 unspecified atom stereocenters. The minimum absolute atomic E-state index is 0.0224. The summed E-state index contributed by atoms with van der Waals surface area (Å²) < 4.78 is 0. The first-order valence-electron chi connectivity index (χ1n) is 19.4. The zero-order valence-corrected chi connectivity index (χ0v) is 30.6. The SMILES string of the molecule is CC(C)C[C@H]1CN([C@@H](Cc2ccc(O)cc2)CN2CCC[C@@H]2CN2C(=O)C(=O)NC[C@@H]2Cc2ccccc2)C(=O)C(=O)N1CC1CCCCCC1. The predicted molar refractivity (Wildman–Crippen MR) is 197 cm³/mol. The Morgan fingerprint density at radius 2 is 1.45 bits per heavy atom. The predicted octanol–water partition coefficient (Wildman–Crippen LogP) is 4.39. The van der Waals surface area contributed by atoms with Gasteiger partial charge in [0.15, 0.2) is 0 Å². The van der Waals surface area contributed by atoms with Gasteiger partial charge in [0.2, 0.25) is 0 Å². The van der Waals surface area contributed by atoms with Gasteiger partial charge in [-0.25, -0.2) is 0 Å². The van der Waals surface area contributed by atoms with Crippen LogP contribution in [0.25, 0.3) is 0 Å². The summed E-state index contributed by atoms with van der Waals surface area (Å²) in [7, 11) is 0. The third kappa shape index (κ3) is 9.31. The second-order valence-electron chi connectivity index (χ2n) is 15.9. The third-order valence-corrected chi connectivity index (χ3v) is 11.6. The number of aromatic hydroxyl groups is 1. The second kappa shape index (κ2) is 17.1. The lowest BCUT2D eigenvalue weighted by atomic mass is 9.93. The fraction of sp³-hybridized carbons (Fsp3) is 0.610. The molecule has 2 aromatic carbocycles. The number of nitrogens with zero attached hydrogens (tertiary/aromatic N) is 4. The van der Waals surface area contributed by atoms with Crippen LogP contribution in [0.3, 0.4) is 0 Å². The summed E-state index contributed by atoms with van der Waals surface area (Å²) in [5.74, 6) is -0.851. The van der Waals surface area contributed by atoms with E-state index in [0.29, 0.717) is 57.4 Å². The van der Waals surface area contributed by atoms with E-state index in [1.165, 1.54) is 25.7 Å². The first-order valence-corrected chi connectivity index (χ1v) is 19.4. The number of carbonyl (C=O) groups is 4. The van der Waals surface area contributed by atoms with Crippen molar-refractivity contribution >= 4 is 23.6 Å². The Hall–Kier alpha value is -3.92. The van der Waals surface area contributed by atoms with Gasteiger partial charge in [-0.2, -0.15) is 0 Å². The molecule has 0 bridgehead atoms. The number of phenolic OH excluding ortho intramolecular Hbond substituents is 1. The van der Waals surface area contributed by atoms with Crippen LogP contribution >= 0.6 is 0 Å². The van der Waals surface area contributed by atoms with Gasteiger partial charge in [-0.3, -0.25) is 24.1 Å². The molecule has 0 spiro atoms. The van der Waals surface area contributed by atoms with Crippen molar-refractivity contribution in [1.29, 1.82) is 0 Å². The lowest BCUT2D eigenvalue weighted by Crippen LogP contribution is -2.65. The highest BCUT2D eigenvalue weighted by Crippen LogP contribution is 2.30. The molecule has 1 aliphatic carbocycles. The van der Waals surface area contributed by atoms with Crippen LogP contribution < -0.4 is 5.32 Å². The minimum atomic E-state index is -0.559. The molecule has 2 aromatic rings. The van der Waals surface area contributed by atoms with Crippen LogP contribution in [0.5, 0.6) is 5.75 Å². The van der Waals surface area contributed by atoms with Crippen LogP contribution in [0, 0.1) is 11.8 Å². The Balaban J connectivity index is 1.23. The number of phenols is 1. The molecule has 3 aliphatic heterocycles. The van der Waals surface area contributed by atoms with Crippen LogP contribution in [0.2, 0.25) is 0 Å². The van der Waals surface area contributed by atoms with Gasteiger partial charge in [0, 0.05) is 44.8 Å². The van der Waals surface area contributed by atoms with Crippen molar-refractivity contribution in [2.75, 3.05) is 39.3 Å². The molecule has 276 valence electrons. The Morgan fingerprint density at radius 3 is 2.16 bits per heavy atom. The number of amides is 4. The minimum Gasteiger partial charge on any atom is -0.508 e. The van der Waals surface area contributed by atoms with Gasteiger partial charge >= 0.3 is 23.6 Å². The van der Waals surface area contributed by atoms with Crippen molar-refractivity contribution < 1.29 is 24.3 Å². The molecule has 0 radical (unpaired) electrons. The smallest absolute Gasteiger partial charge is 0.312 e. The molecule has 1 saturated carbocycles. The van der Waals surface area contributed by atoms with Gasteiger partial charge in [0.1, 0.15) is 5.75 Å². The second-order valence-corrected chi connectivity index (χ2v) is 15.9. The average molecular weight is 700 g/mol. The average Bonchev–Trinajstić information content (AvgIpc) is 3.38. The molecule has 4 amide bonds. The number of hydrogen-bond donors (Lipinski definition) is 2. The molecule has 6 rings (SSSR count). The Kier molecular flexibility index (Phi) is 12.3. The van der Waals surface area contributed by atoms with E-state index in [0.717, 1.165) is 49.8 Å². The maximum absolute atomic E-state index is 14.2. The van der Waals surface area contributed by atoms with Crippen LogP contribution in [-0.2, 0) is 32.0 Å². The lowest BCUT2D eigenvalue weighted by molar-refractivity contribution is -0.162. The molecule has 0 aromatic heterocycles. The first-order chi connectivity index (χ1) is 24.7. The zero-order valence-electron chi connectivity index (χ0n) is 30.6. The number of nitrogens with one attached hydrogen (secondary N) is 1. The summed E-state index contributed by atoms with van der Waals surface area (Å²) in [5, 5.41) is 12.8. The van der Waals surface area contributed by atoms with E-state index >= 15 is 0 Å². The molecule has 10 heteroatoms. The molecule has 51 heavy (non-hydrogen) atoms. The number of hydrogen-bond acceptors (Lipinski definition) is 6. The standard InChI is InChI=1S/C41H57N5O5/c1-29(2)21-35-28-46(41(51)40(50)44(35)25-32-13-6-3-4-7-14-32)36(23-31-16-18-37(47)19-17-31)26-43-20-10-15-33(43)27-45-34(24-42-38(48)39(45)49)22-30-11-8-5-9-12-30/h5,8-9,11-12,16-19,29,32-36,47H,3-4,6-7,10,13-15,20-28H2,1-2H3,(H,42,48)/t33-,34+,35+,36+/m1/s1. The van der Waals surface area contributed by atoms with Crippen LogP contribution in [-0.4, -0.2) is 112 Å². The van der Waals surface area contributed by atoms with E-state index in [9.17, 15) is 24.3 Å². The van der Waals surface area contributed by atoms with Crippen molar-refractivity contribution in [2.45, 2.75) is 109 Å². The molecule has 10 nitrogen and oxygen atoms in total. The van der Waals surface area contributed by atoms with Crippen molar-refractivity contribution in [1.82, 2.24) is 24.9 Å². The molecule has 4 atom stereocenters.